The second kappa shape index (κ2) is 8.72. The molecular formula is C31H33N3O3. The van der Waals surface area contributed by atoms with Crippen molar-refractivity contribution in [2.24, 2.45) is 11.3 Å². The lowest BCUT2D eigenvalue weighted by atomic mass is 9.67. The van der Waals surface area contributed by atoms with Crippen LogP contribution in [0.3, 0.4) is 0 Å². The summed E-state index contributed by atoms with van der Waals surface area (Å²) in [5, 5.41) is 17.8. The van der Waals surface area contributed by atoms with Crippen molar-refractivity contribution in [2.45, 2.75) is 52.5 Å². The van der Waals surface area contributed by atoms with Crippen molar-refractivity contribution in [3.63, 3.8) is 0 Å². The van der Waals surface area contributed by atoms with Crippen LogP contribution in [0, 0.1) is 21.4 Å². The number of benzene rings is 3. The number of hydrogen-bond acceptors (Lipinski definition) is 5. The minimum absolute atomic E-state index is 0.0562. The van der Waals surface area contributed by atoms with Crippen molar-refractivity contribution in [3.05, 3.63) is 81.4 Å². The van der Waals surface area contributed by atoms with Gasteiger partial charge in [-0.15, -0.1) is 0 Å². The van der Waals surface area contributed by atoms with Crippen molar-refractivity contribution >= 4 is 39.2 Å². The second-order valence-electron chi connectivity index (χ2n) is 11.8. The SMILES string of the molecule is C[C@H]1CCCN(c2ccc([N+](=O)[O-])cc2[C@H]2Nc3ccc4ccccc4c3C3=C2C(=O)CC(C)(C)C3)C1. The van der Waals surface area contributed by atoms with Gasteiger partial charge in [0, 0.05) is 59.7 Å². The molecule has 0 aromatic heterocycles. The Balaban J connectivity index is 1.60. The standard InChI is InChI=1S/C31H33N3O3/c1-19-7-6-14-33(18-19)26-13-11-21(34(36)37)15-23(26)30-29-24(16-31(2,3)17-27(29)35)28-22-9-5-4-8-20(22)10-12-25(28)32-30/h4-5,8-13,15,19,30,32H,6-7,14,16-18H2,1-3H3/t19-,30+/m0/s1. The molecule has 2 aliphatic heterocycles. The van der Waals surface area contributed by atoms with Gasteiger partial charge in [0.1, 0.15) is 0 Å². The summed E-state index contributed by atoms with van der Waals surface area (Å²) in [4.78, 5) is 27.7. The Morgan fingerprint density at radius 3 is 2.68 bits per heavy atom. The van der Waals surface area contributed by atoms with Crippen LogP contribution >= 0.6 is 0 Å². The number of Topliss-reactive ketones (excluding diaryl/α,β-unsaturated/α-hetero) is 1. The molecule has 3 aromatic rings. The summed E-state index contributed by atoms with van der Waals surface area (Å²) in [6.45, 7) is 8.39. The molecule has 6 heteroatoms. The summed E-state index contributed by atoms with van der Waals surface area (Å²) < 4.78 is 0. The third-order valence-electron chi connectivity index (χ3n) is 8.27. The number of carbonyl (C=O) groups excluding carboxylic acids is 1. The van der Waals surface area contributed by atoms with Gasteiger partial charge in [-0.3, -0.25) is 14.9 Å². The molecule has 0 saturated carbocycles. The highest BCUT2D eigenvalue weighted by atomic mass is 16.6. The monoisotopic (exact) mass is 495 g/mol. The molecule has 2 atom stereocenters. The molecule has 3 aromatic carbocycles. The van der Waals surface area contributed by atoms with Crippen molar-refractivity contribution in [2.75, 3.05) is 23.3 Å². The molecule has 0 unspecified atom stereocenters. The molecule has 1 saturated heterocycles. The van der Waals surface area contributed by atoms with E-state index in [1.54, 1.807) is 12.1 Å². The quantitative estimate of drug-likeness (QED) is 0.305. The van der Waals surface area contributed by atoms with E-state index >= 15 is 0 Å². The highest BCUT2D eigenvalue weighted by molar-refractivity contribution is 6.13. The Labute approximate surface area is 217 Å². The second-order valence-corrected chi connectivity index (χ2v) is 11.8. The first-order valence-electron chi connectivity index (χ1n) is 13.3. The number of hydrogen-bond donors (Lipinski definition) is 1. The first-order chi connectivity index (χ1) is 17.7. The molecule has 6 rings (SSSR count). The Morgan fingerprint density at radius 2 is 1.89 bits per heavy atom. The lowest BCUT2D eigenvalue weighted by molar-refractivity contribution is -0.384. The molecule has 1 aliphatic carbocycles. The van der Waals surface area contributed by atoms with E-state index in [0.717, 1.165) is 70.4 Å². The number of rotatable bonds is 3. The predicted octanol–water partition coefficient (Wildman–Crippen LogP) is 7.29. The Morgan fingerprint density at radius 1 is 1.08 bits per heavy atom. The number of nitro groups is 1. The fourth-order valence-electron chi connectivity index (χ4n) is 6.65. The number of allylic oxidation sites excluding steroid dienone is 1. The molecule has 1 N–H and O–H groups in total. The largest absolute Gasteiger partial charge is 0.373 e. The molecule has 0 bridgehead atoms. The maximum Gasteiger partial charge on any atom is 0.269 e. The number of carbonyl (C=O) groups is 1. The van der Waals surface area contributed by atoms with Crippen LogP contribution in [-0.4, -0.2) is 23.8 Å². The average Bonchev–Trinajstić information content (AvgIpc) is 2.86. The summed E-state index contributed by atoms with van der Waals surface area (Å²) >= 11 is 0. The molecule has 6 nitrogen and oxygen atoms in total. The fourth-order valence-corrected chi connectivity index (χ4v) is 6.65. The summed E-state index contributed by atoms with van der Waals surface area (Å²) in [6, 6.07) is 17.3. The topological polar surface area (TPSA) is 75.5 Å². The minimum atomic E-state index is -0.431. The third-order valence-corrected chi connectivity index (χ3v) is 8.27. The van der Waals surface area contributed by atoms with Gasteiger partial charge in [-0.25, -0.2) is 0 Å². The van der Waals surface area contributed by atoms with Gasteiger partial charge in [0.25, 0.3) is 5.69 Å². The van der Waals surface area contributed by atoms with E-state index in [4.69, 9.17) is 0 Å². The number of nitrogens with one attached hydrogen (secondary N) is 1. The number of anilines is 2. The van der Waals surface area contributed by atoms with Crippen molar-refractivity contribution in [1.29, 1.82) is 0 Å². The van der Waals surface area contributed by atoms with Gasteiger partial charge in [0.05, 0.1) is 11.0 Å². The molecule has 2 heterocycles. The summed E-state index contributed by atoms with van der Waals surface area (Å²) in [6.07, 6.45) is 3.53. The van der Waals surface area contributed by atoms with Gasteiger partial charge in [-0.05, 0) is 59.1 Å². The molecule has 3 aliphatic rings. The Kier molecular flexibility index (Phi) is 5.59. The average molecular weight is 496 g/mol. The summed E-state index contributed by atoms with van der Waals surface area (Å²) in [7, 11) is 0. The molecule has 0 radical (unpaired) electrons. The minimum Gasteiger partial charge on any atom is -0.373 e. The van der Waals surface area contributed by atoms with Crippen LogP contribution in [0.5, 0.6) is 0 Å². The fraction of sp³-hybridized carbons (Fsp3) is 0.387. The van der Waals surface area contributed by atoms with Gasteiger partial charge in [-0.2, -0.15) is 0 Å². The molecule has 0 amide bonds. The van der Waals surface area contributed by atoms with Crippen LogP contribution in [-0.2, 0) is 4.79 Å². The van der Waals surface area contributed by atoms with Gasteiger partial charge < -0.3 is 10.2 Å². The van der Waals surface area contributed by atoms with Crippen LogP contribution in [0.25, 0.3) is 16.3 Å². The van der Waals surface area contributed by atoms with Gasteiger partial charge in [0.15, 0.2) is 5.78 Å². The van der Waals surface area contributed by atoms with E-state index in [-0.39, 0.29) is 21.8 Å². The van der Waals surface area contributed by atoms with Gasteiger partial charge in [0.2, 0.25) is 0 Å². The zero-order valence-corrected chi connectivity index (χ0v) is 21.7. The van der Waals surface area contributed by atoms with E-state index in [9.17, 15) is 14.9 Å². The maximum atomic E-state index is 13.9. The predicted molar refractivity (Wildman–Crippen MR) is 149 cm³/mol. The molecule has 1 fully saturated rings. The van der Waals surface area contributed by atoms with Crippen LogP contribution in [0.4, 0.5) is 17.1 Å². The lowest BCUT2D eigenvalue weighted by Crippen LogP contribution is -2.37. The lowest BCUT2D eigenvalue weighted by Gasteiger charge is -2.41. The van der Waals surface area contributed by atoms with Gasteiger partial charge in [-0.1, -0.05) is 51.1 Å². The number of nitrogens with zero attached hydrogens (tertiary/aromatic N) is 2. The number of nitro benzene ring substituents is 1. The first-order valence-corrected chi connectivity index (χ1v) is 13.3. The van der Waals surface area contributed by atoms with Crippen molar-refractivity contribution in [3.8, 4) is 0 Å². The van der Waals surface area contributed by atoms with Crippen LogP contribution in [0.2, 0.25) is 0 Å². The van der Waals surface area contributed by atoms with E-state index in [1.807, 2.05) is 18.2 Å². The van der Waals surface area contributed by atoms with Gasteiger partial charge >= 0.3 is 0 Å². The molecule has 190 valence electrons. The van der Waals surface area contributed by atoms with Crippen LogP contribution < -0.4 is 10.2 Å². The van der Waals surface area contributed by atoms with Crippen molar-refractivity contribution in [1.82, 2.24) is 0 Å². The van der Waals surface area contributed by atoms with Crippen LogP contribution in [0.15, 0.2) is 60.2 Å². The maximum absolute atomic E-state index is 13.9. The Bertz CT molecular complexity index is 1470. The zero-order chi connectivity index (χ0) is 25.9. The van der Waals surface area contributed by atoms with E-state index in [2.05, 4.69) is 55.3 Å². The van der Waals surface area contributed by atoms with E-state index in [1.165, 1.54) is 6.42 Å². The van der Waals surface area contributed by atoms with E-state index in [0.29, 0.717) is 12.3 Å². The number of piperidine rings is 1. The van der Waals surface area contributed by atoms with Crippen LogP contribution in [0.1, 0.15) is 63.6 Å². The molecule has 0 spiro atoms. The highest BCUT2D eigenvalue weighted by Crippen LogP contribution is 2.53. The summed E-state index contributed by atoms with van der Waals surface area (Å²) in [5.41, 5.74) is 5.66. The Hall–Kier alpha value is -3.67. The van der Waals surface area contributed by atoms with E-state index < -0.39 is 6.04 Å². The first kappa shape index (κ1) is 23.7. The zero-order valence-electron chi connectivity index (χ0n) is 21.7. The number of non-ortho nitro benzene ring substituents is 1. The smallest absolute Gasteiger partial charge is 0.269 e. The molecule has 37 heavy (non-hydrogen) atoms. The number of fused-ring (bicyclic) bond motifs is 4. The summed E-state index contributed by atoms with van der Waals surface area (Å²) in [5.74, 6) is 0.682. The number of ketones is 1. The molecular weight excluding hydrogens is 462 g/mol. The van der Waals surface area contributed by atoms with Crippen molar-refractivity contribution < 1.29 is 9.72 Å². The highest BCUT2D eigenvalue weighted by Gasteiger charge is 2.42. The normalized spacial score (nSPS) is 22.9. The third kappa shape index (κ3) is 4.08.